The maximum atomic E-state index is 14.2. The van der Waals surface area contributed by atoms with Crippen molar-refractivity contribution in [1.82, 2.24) is 24.6 Å². The molecule has 29 heavy (non-hydrogen) atoms. The molecule has 2 atom stereocenters. The predicted molar refractivity (Wildman–Crippen MR) is 106 cm³/mol. The molecule has 1 N–H and O–H groups in total. The van der Waals surface area contributed by atoms with E-state index in [1.54, 1.807) is 6.20 Å². The molecule has 0 radical (unpaired) electrons. The van der Waals surface area contributed by atoms with E-state index in [1.165, 1.54) is 18.2 Å². The summed E-state index contributed by atoms with van der Waals surface area (Å²) >= 11 is 5.76. The molecule has 3 heterocycles. The van der Waals surface area contributed by atoms with Crippen LogP contribution < -0.4 is 0 Å². The molecule has 1 aromatic carbocycles. The molecule has 7 nitrogen and oxygen atoms in total. The van der Waals surface area contributed by atoms with Crippen molar-refractivity contribution in [2.45, 2.75) is 30.1 Å². The second kappa shape index (κ2) is 6.77. The summed E-state index contributed by atoms with van der Waals surface area (Å²) in [6, 6.07) is 5.98. The van der Waals surface area contributed by atoms with Crippen molar-refractivity contribution in [2.75, 3.05) is 5.75 Å². The molecule has 10 heteroatoms. The van der Waals surface area contributed by atoms with E-state index in [-0.39, 0.29) is 27.5 Å². The topological polar surface area (TPSA) is 93.0 Å². The molecular weight excluding hydrogens is 417 g/mol. The maximum absolute atomic E-state index is 14.2. The molecule has 0 saturated heterocycles. The van der Waals surface area contributed by atoms with Gasteiger partial charge in [-0.05, 0) is 43.4 Å². The van der Waals surface area contributed by atoms with Crippen molar-refractivity contribution in [2.24, 2.45) is 5.92 Å². The highest BCUT2D eigenvalue weighted by atomic mass is 35.5. The molecule has 1 saturated carbocycles. The van der Waals surface area contributed by atoms with Crippen LogP contribution in [0.1, 0.15) is 31.0 Å². The summed E-state index contributed by atoms with van der Waals surface area (Å²) in [7, 11) is -3.77. The number of sulfone groups is 1. The highest BCUT2D eigenvalue weighted by Crippen LogP contribution is 2.39. The Labute approximate surface area is 170 Å². The fraction of sp³-hybridized carbons (Fsp3) is 0.316. The lowest BCUT2D eigenvalue weighted by molar-refractivity contribution is 0.538. The summed E-state index contributed by atoms with van der Waals surface area (Å²) in [5.41, 5.74) is 2.29. The van der Waals surface area contributed by atoms with Gasteiger partial charge in [0, 0.05) is 12.1 Å². The van der Waals surface area contributed by atoms with Crippen molar-refractivity contribution in [3.8, 4) is 0 Å². The lowest BCUT2D eigenvalue weighted by Crippen LogP contribution is -2.16. The average Bonchev–Trinajstić information content (AvgIpc) is 3.40. The Hall–Kier alpha value is -2.52. The van der Waals surface area contributed by atoms with Crippen molar-refractivity contribution in [1.29, 1.82) is 0 Å². The van der Waals surface area contributed by atoms with Crippen LogP contribution in [-0.2, 0) is 9.84 Å². The molecule has 0 aliphatic heterocycles. The normalized spacial score (nSPS) is 20.1. The summed E-state index contributed by atoms with van der Waals surface area (Å²) in [6.45, 7) is 0. The number of hydrogen-bond donors (Lipinski definition) is 1. The molecule has 150 valence electrons. The van der Waals surface area contributed by atoms with E-state index in [2.05, 4.69) is 20.2 Å². The maximum Gasteiger partial charge on any atom is 0.181 e. The van der Waals surface area contributed by atoms with Gasteiger partial charge in [0.05, 0.1) is 22.5 Å². The molecule has 1 fully saturated rings. The van der Waals surface area contributed by atoms with Gasteiger partial charge in [-0.1, -0.05) is 17.7 Å². The number of fused-ring (bicyclic) bond motifs is 3. The van der Waals surface area contributed by atoms with Crippen molar-refractivity contribution in [3.63, 3.8) is 0 Å². The summed E-state index contributed by atoms with van der Waals surface area (Å²) in [5.74, 6) is -0.192. The third-order valence-electron chi connectivity index (χ3n) is 5.58. The lowest BCUT2D eigenvalue weighted by atomic mass is 10.1. The van der Waals surface area contributed by atoms with Gasteiger partial charge in [-0.2, -0.15) is 0 Å². The van der Waals surface area contributed by atoms with Crippen LogP contribution in [0, 0.1) is 11.7 Å². The lowest BCUT2D eigenvalue weighted by Gasteiger charge is -2.12. The minimum absolute atomic E-state index is 0.0786. The van der Waals surface area contributed by atoms with E-state index in [0.717, 1.165) is 29.8 Å². The van der Waals surface area contributed by atoms with Gasteiger partial charge in [-0.25, -0.2) is 17.8 Å². The molecule has 1 aliphatic rings. The molecule has 0 amide bonds. The van der Waals surface area contributed by atoms with Crippen molar-refractivity contribution in [3.05, 3.63) is 53.3 Å². The van der Waals surface area contributed by atoms with Gasteiger partial charge in [-0.3, -0.25) is 4.40 Å². The Morgan fingerprint density at radius 1 is 1.24 bits per heavy atom. The first kappa shape index (κ1) is 18.5. The van der Waals surface area contributed by atoms with E-state index in [9.17, 15) is 12.8 Å². The summed E-state index contributed by atoms with van der Waals surface area (Å²) in [4.78, 5) is 7.06. The van der Waals surface area contributed by atoms with Gasteiger partial charge in [0.15, 0.2) is 26.9 Å². The monoisotopic (exact) mass is 433 g/mol. The minimum atomic E-state index is -3.77. The Kier molecular flexibility index (Phi) is 4.32. The number of benzene rings is 1. The van der Waals surface area contributed by atoms with Crippen LogP contribution in [0.4, 0.5) is 4.39 Å². The van der Waals surface area contributed by atoms with E-state index in [0.29, 0.717) is 12.1 Å². The minimum Gasteiger partial charge on any atom is -0.345 e. The Morgan fingerprint density at radius 3 is 2.97 bits per heavy atom. The van der Waals surface area contributed by atoms with Gasteiger partial charge < -0.3 is 4.98 Å². The zero-order valence-electron chi connectivity index (χ0n) is 15.2. The zero-order chi connectivity index (χ0) is 20.2. The first-order chi connectivity index (χ1) is 13.9. The molecule has 0 unspecified atom stereocenters. The number of nitrogens with zero attached hydrogens (tertiary/aromatic N) is 4. The SMILES string of the molecule is O=S(=O)(C[C@H]1CC[C@@H](c2nnc3cnc4[nH]ccc4n23)C1)c1cccc(Cl)c1F. The quantitative estimate of drug-likeness (QED) is 0.529. The standard InChI is InChI=1S/C19H17ClFN5O2S/c20-13-2-1-3-15(17(13)21)29(27,28)10-11-4-5-12(8-11)19-25-24-16-9-23-18-14(26(16)19)6-7-22-18/h1-3,6-7,9,11-12,22H,4-5,8,10H2/t11-,12+/m0/s1. The molecule has 4 aromatic rings. The summed E-state index contributed by atoms with van der Waals surface area (Å²) < 4.78 is 41.7. The predicted octanol–water partition coefficient (Wildman–Crippen LogP) is 3.76. The van der Waals surface area contributed by atoms with Gasteiger partial charge in [0.2, 0.25) is 0 Å². The van der Waals surface area contributed by atoms with E-state index >= 15 is 0 Å². The smallest absolute Gasteiger partial charge is 0.181 e. The number of hydrogen-bond acceptors (Lipinski definition) is 5. The zero-order valence-corrected chi connectivity index (χ0v) is 16.8. The van der Waals surface area contributed by atoms with Crippen LogP contribution in [0.25, 0.3) is 16.8 Å². The first-order valence-corrected chi connectivity index (χ1v) is 11.3. The van der Waals surface area contributed by atoms with E-state index in [1.807, 2.05) is 16.7 Å². The second-order valence-corrected chi connectivity index (χ2v) is 9.84. The molecule has 3 aromatic heterocycles. The Morgan fingerprint density at radius 2 is 2.10 bits per heavy atom. The molecule has 5 rings (SSSR count). The van der Waals surface area contributed by atoms with Gasteiger partial charge in [0.1, 0.15) is 10.7 Å². The summed E-state index contributed by atoms with van der Waals surface area (Å²) in [5, 5.41) is 8.38. The van der Waals surface area contributed by atoms with Crippen LogP contribution in [0.2, 0.25) is 5.02 Å². The van der Waals surface area contributed by atoms with Crippen LogP contribution in [-0.4, -0.2) is 38.7 Å². The molecule has 0 bridgehead atoms. The molecule has 1 aliphatic carbocycles. The van der Waals surface area contributed by atoms with Crippen LogP contribution in [0.3, 0.4) is 0 Å². The van der Waals surface area contributed by atoms with Gasteiger partial charge in [-0.15, -0.1) is 10.2 Å². The van der Waals surface area contributed by atoms with Gasteiger partial charge in [0.25, 0.3) is 0 Å². The number of rotatable bonds is 4. The average molecular weight is 434 g/mol. The summed E-state index contributed by atoms with van der Waals surface area (Å²) in [6.07, 6.45) is 5.64. The van der Waals surface area contributed by atoms with Crippen LogP contribution >= 0.6 is 11.6 Å². The number of aromatic nitrogens is 5. The fourth-order valence-electron chi connectivity index (χ4n) is 4.25. The van der Waals surface area contributed by atoms with Crippen molar-refractivity contribution >= 4 is 38.2 Å². The first-order valence-electron chi connectivity index (χ1n) is 9.28. The van der Waals surface area contributed by atoms with Crippen LogP contribution in [0.5, 0.6) is 0 Å². The molecular formula is C19H17ClFN5O2S. The van der Waals surface area contributed by atoms with Gasteiger partial charge >= 0.3 is 0 Å². The highest BCUT2D eigenvalue weighted by molar-refractivity contribution is 7.91. The third kappa shape index (κ3) is 3.08. The largest absolute Gasteiger partial charge is 0.345 e. The Bertz CT molecular complexity index is 1330. The fourth-order valence-corrected chi connectivity index (χ4v) is 6.25. The van der Waals surface area contributed by atoms with Crippen LogP contribution in [0.15, 0.2) is 41.6 Å². The Balaban J connectivity index is 1.41. The third-order valence-corrected chi connectivity index (χ3v) is 7.77. The molecule has 0 spiro atoms. The highest BCUT2D eigenvalue weighted by Gasteiger charge is 2.34. The number of aromatic amines is 1. The van der Waals surface area contributed by atoms with E-state index < -0.39 is 15.7 Å². The van der Waals surface area contributed by atoms with Crippen molar-refractivity contribution < 1.29 is 12.8 Å². The number of H-pyrrole nitrogens is 1. The number of halogens is 2. The number of nitrogens with one attached hydrogen (secondary N) is 1. The van der Waals surface area contributed by atoms with E-state index in [4.69, 9.17) is 11.6 Å². The second-order valence-electron chi connectivity index (χ2n) is 7.43.